The molecular formula is C20H21N3O2S. The van der Waals surface area contributed by atoms with Crippen LogP contribution in [0, 0.1) is 0 Å². The maximum Gasteiger partial charge on any atom is 0.236 e. The molecule has 1 amide bonds. The molecule has 0 atom stereocenters. The predicted octanol–water partition coefficient (Wildman–Crippen LogP) is 4.33. The van der Waals surface area contributed by atoms with Gasteiger partial charge in [0.25, 0.3) is 0 Å². The Morgan fingerprint density at radius 1 is 1.12 bits per heavy atom. The third-order valence-electron chi connectivity index (χ3n) is 3.80. The van der Waals surface area contributed by atoms with E-state index in [1.807, 2.05) is 36.4 Å². The van der Waals surface area contributed by atoms with Gasteiger partial charge in [-0.15, -0.1) is 5.10 Å². The van der Waals surface area contributed by atoms with E-state index in [1.54, 1.807) is 6.21 Å². The van der Waals surface area contributed by atoms with Crippen molar-refractivity contribution in [1.29, 1.82) is 0 Å². The highest BCUT2D eigenvalue weighted by molar-refractivity contribution is 8.15. The van der Waals surface area contributed by atoms with Crippen LogP contribution in [0.25, 0.3) is 0 Å². The fourth-order valence-electron chi connectivity index (χ4n) is 2.35. The first-order chi connectivity index (χ1) is 12.4. The van der Waals surface area contributed by atoms with Gasteiger partial charge in [-0.25, -0.2) is 0 Å². The topological polar surface area (TPSA) is 63.1 Å². The van der Waals surface area contributed by atoms with E-state index >= 15 is 0 Å². The van der Waals surface area contributed by atoms with E-state index in [-0.39, 0.29) is 11.3 Å². The first kappa shape index (κ1) is 18.2. The number of rotatable bonds is 4. The summed E-state index contributed by atoms with van der Waals surface area (Å²) in [5.74, 6) is 1.80. The maximum absolute atomic E-state index is 11.1. The number of nitrogens with zero attached hydrogens (tertiary/aromatic N) is 2. The molecule has 5 nitrogen and oxygen atoms in total. The van der Waals surface area contributed by atoms with Crippen molar-refractivity contribution in [1.82, 2.24) is 5.32 Å². The summed E-state index contributed by atoms with van der Waals surface area (Å²) < 4.78 is 6.00. The Bertz CT molecular complexity index is 852. The van der Waals surface area contributed by atoms with Crippen LogP contribution < -0.4 is 10.1 Å². The van der Waals surface area contributed by atoms with Crippen molar-refractivity contribution in [3.05, 3.63) is 59.7 Å². The van der Waals surface area contributed by atoms with Gasteiger partial charge < -0.3 is 10.1 Å². The van der Waals surface area contributed by atoms with Gasteiger partial charge in [0, 0.05) is 5.56 Å². The van der Waals surface area contributed by atoms with E-state index in [9.17, 15) is 4.79 Å². The van der Waals surface area contributed by atoms with Gasteiger partial charge in [0.05, 0.1) is 12.0 Å². The summed E-state index contributed by atoms with van der Waals surface area (Å²) in [6, 6.07) is 15.7. The Hall–Kier alpha value is -2.60. The Balaban J connectivity index is 1.74. The Morgan fingerprint density at radius 3 is 2.50 bits per heavy atom. The molecule has 0 aromatic heterocycles. The van der Waals surface area contributed by atoms with Crippen molar-refractivity contribution in [2.45, 2.75) is 26.2 Å². The van der Waals surface area contributed by atoms with Gasteiger partial charge in [-0.05, 0) is 35.2 Å². The molecule has 0 saturated carbocycles. The Kier molecular flexibility index (Phi) is 5.42. The van der Waals surface area contributed by atoms with Gasteiger partial charge in [0.2, 0.25) is 5.91 Å². The molecule has 1 N–H and O–H groups in total. The van der Waals surface area contributed by atoms with Gasteiger partial charge >= 0.3 is 0 Å². The van der Waals surface area contributed by atoms with Crippen LogP contribution in [0.1, 0.15) is 31.9 Å². The van der Waals surface area contributed by atoms with Crippen molar-refractivity contribution in [2.24, 2.45) is 10.2 Å². The predicted molar refractivity (Wildman–Crippen MR) is 107 cm³/mol. The normalized spacial score (nSPS) is 16.3. The van der Waals surface area contributed by atoms with Crippen molar-refractivity contribution in [2.75, 3.05) is 5.75 Å². The van der Waals surface area contributed by atoms with Crippen LogP contribution in [0.5, 0.6) is 11.5 Å². The molecule has 2 aromatic carbocycles. The second-order valence-corrected chi connectivity index (χ2v) is 7.86. The summed E-state index contributed by atoms with van der Waals surface area (Å²) in [6.07, 6.45) is 1.62. The zero-order valence-electron chi connectivity index (χ0n) is 15.0. The van der Waals surface area contributed by atoms with Gasteiger partial charge in [-0.1, -0.05) is 56.8 Å². The van der Waals surface area contributed by atoms with E-state index in [4.69, 9.17) is 4.74 Å². The number of thioether (sulfide) groups is 1. The third-order valence-corrected chi connectivity index (χ3v) is 4.66. The lowest BCUT2D eigenvalue weighted by molar-refractivity contribution is -0.116. The van der Waals surface area contributed by atoms with Crippen LogP contribution >= 0.6 is 11.8 Å². The van der Waals surface area contributed by atoms with Crippen LogP contribution in [-0.4, -0.2) is 23.0 Å². The fraction of sp³-hybridized carbons (Fsp3) is 0.250. The molecule has 1 aliphatic rings. The summed E-state index contributed by atoms with van der Waals surface area (Å²) in [5, 5.41) is 11.2. The molecule has 3 rings (SSSR count). The fourth-order valence-corrected chi connectivity index (χ4v) is 2.98. The van der Waals surface area contributed by atoms with Crippen LogP contribution in [-0.2, 0) is 10.2 Å². The molecule has 0 aliphatic carbocycles. The molecule has 134 valence electrons. The van der Waals surface area contributed by atoms with Crippen LogP contribution in [0.3, 0.4) is 0 Å². The Labute approximate surface area is 157 Å². The van der Waals surface area contributed by atoms with Crippen LogP contribution in [0.4, 0.5) is 0 Å². The van der Waals surface area contributed by atoms with Crippen molar-refractivity contribution < 1.29 is 9.53 Å². The highest BCUT2D eigenvalue weighted by Crippen LogP contribution is 2.28. The average molecular weight is 367 g/mol. The molecule has 6 heteroatoms. The third kappa shape index (κ3) is 4.73. The lowest BCUT2D eigenvalue weighted by atomic mass is 9.87. The first-order valence-electron chi connectivity index (χ1n) is 8.33. The number of hydrogen-bond donors (Lipinski definition) is 1. The minimum atomic E-state index is -0.0496. The quantitative estimate of drug-likeness (QED) is 0.646. The lowest BCUT2D eigenvalue weighted by Gasteiger charge is -2.19. The van der Waals surface area contributed by atoms with Crippen molar-refractivity contribution in [3.63, 3.8) is 0 Å². The van der Waals surface area contributed by atoms with Crippen LogP contribution in [0.2, 0.25) is 0 Å². The van der Waals surface area contributed by atoms with E-state index in [0.717, 1.165) is 11.3 Å². The molecule has 0 bridgehead atoms. The van der Waals surface area contributed by atoms with Crippen molar-refractivity contribution >= 4 is 29.1 Å². The number of ether oxygens (including phenoxy) is 1. The minimum Gasteiger partial charge on any atom is -0.457 e. The second kappa shape index (κ2) is 7.74. The van der Waals surface area contributed by atoms with E-state index in [2.05, 4.69) is 48.4 Å². The number of amidine groups is 1. The number of carbonyl (C=O) groups is 1. The van der Waals surface area contributed by atoms with E-state index in [0.29, 0.717) is 16.7 Å². The summed E-state index contributed by atoms with van der Waals surface area (Å²) in [4.78, 5) is 11.1. The molecule has 0 spiro atoms. The summed E-state index contributed by atoms with van der Waals surface area (Å²) in [7, 11) is 0. The zero-order valence-corrected chi connectivity index (χ0v) is 15.8. The monoisotopic (exact) mass is 367 g/mol. The number of hydrogen-bond acceptors (Lipinski definition) is 5. The number of nitrogens with one attached hydrogen (secondary N) is 1. The standard InChI is InChI=1S/C20H21N3O2S/c1-20(2,3)15-8-10-16(11-9-15)25-17-7-5-4-6-14(17)12-21-23-19-22-18(24)13-26-19/h4-12H,13H2,1-3H3,(H,22,23,24). The minimum absolute atomic E-state index is 0.0496. The summed E-state index contributed by atoms with van der Waals surface area (Å²) >= 11 is 1.34. The molecule has 1 heterocycles. The van der Waals surface area contributed by atoms with Gasteiger partial charge in [0.1, 0.15) is 11.5 Å². The SMILES string of the molecule is CC(C)(C)c1ccc(Oc2ccccc2C=NN=C2NC(=O)CS2)cc1. The summed E-state index contributed by atoms with van der Waals surface area (Å²) in [6.45, 7) is 6.55. The first-order valence-corrected chi connectivity index (χ1v) is 9.31. The number of benzene rings is 2. The largest absolute Gasteiger partial charge is 0.457 e. The summed E-state index contributed by atoms with van der Waals surface area (Å²) in [5.41, 5.74) is 2.17. The zero-order chi connectivity index (χ0) is 18.6. The second-order valence-electron chi connectivity index (χ2n) is 6.90. The highest BCUT2D eigenvalue weighted by Gasteiger charge is 2.16. The van der Waals surface area contributed by atoms with E-state index in [1.165, 1.54) is 17.3 Å². The van der Waals surface area contributed by atoms with Gasteiger partial charge in [-0.2, -0.15) is 5.10 Å². The molecule has 1 saturated heterocycles. The number of carbonyl (C=O) groups excluding carboxylic acids is 1. The number of para-hydroxylation sites is 1. The molecule has 0 unspecified atom stereocenters. The maximum atomic E-state index is 11.1. The van der Waals surface area contributed by atoms with E-state index < -0.39 is 0 Å². The lowest BCUT2D eigenvalue weighted by Crippen LogP contribution is -2.19. The smallest absolute Gasteiger partial charge is 0.236 e. The molecule has 0 radical (unpaired) electrons. The van der Waals surface area contributed by atoms with Crippen molar-refractivity contribution in [3.8, 4) is 11.5 Å². The molecular weight excluding hydrogens is 346 g/mol. The molecule has 1 fully saturated rings. The number of amides is 1. The molecule has 1 aliphatic heterocycles. The van der Waals surface area contributed by atoms with Gasteiger partial charge in [-0.3, -0.25) is 4.79 Å². The average Bonchev–Trinajstić information content (AvgIpc) is 3.01. The Morgan fingerprint density at radius 2 is 1.85 bits per heavy atom. The van der Waals surface area contributed by atoms with Crippen LogP contribution in [0.15, 0.2) is 58.7 Å². The van der Waals surface area contributed by atoms with Gasteiger partial charge in [0.15, 0.2) is 5.17 Å². The highest BCUT2D eigenvalue weighted by atomic mass is 32.2. The molecule has 2 aromatic rings. The molecule has 26 heavy (non-hydrogen) atoms.